The van der Waals surface area contributed by atoms with Gasteiger partial charge in [0.25, 0.3) is 5.91 Å². The van der Waals surface area contributed by atoms with Crippen molar-refractivity contribution in [3.05, 3.63) is 72.8 Å². The molecule has 1 amide bonds. The summed E-state index contributed by atoms with van der Waals surface area (Å²) < 4.78 is 13.6. The van der Waals surface area contributed by atoms with Crippen molar-refractivity contribution in [1.29, 1.82) is 0 Å². The number of nitrogens with one attached hydrogen (secondary N) is 1. The highest BCUT2D eigenvalue weighted by molar-refractivity contribution is 6.01. The van der Waals surface area contributed by atoms with Crippen LogP contribution in [0.2, 0.25) is 0 Å². The molecule has 0 unspecified atom stereocenters. The number of carbonyl (C=O) groups excluding carboxylic acids is 1. The second-order valence-corrected chi connectivity index (χ2v) is 8.14. The van der Waals surface area contributed by atoms with Crippen LogP contribution in [0.5, 0.6) is 11.5 Å². The number of pyridine rings is 1. The topological polar surface area (TPSA) is 78.3 Å². The average Bonchev–Trinajstić information content (AvgIpc) is 3.39. The van der Waals surface area contributed by atoms with E-state index in [0.29, 0.717) is 17.0 Å². The van der Waals surface area contributed by atoms with E-state index in [1.807, 2.05) is 73.1 Å². The molecule has 0 radical (unpaired) electrons. The Morgan fingerprint density at radius 3 is 2.90 bits per heavy atom. The summed E-state index contributed by atoms with van der Waals surface area (Å²) in [6.45, 7) is 3.95. The van der Waals surface area contributed by atoms with Gasteiger partial charge in [-0.1, -0.05) is 24.3 Å². The van der Waals surface area contributed by atoms with E-state index >= 15 is 0 Å². The quantitative estimate of drug-likeness (QED) is 0.531. The molecule has 7 nitrogen and oxygen atoms in total. The summed E-state index contributed by atoms with van der Waals surface area (Å²) >= 11 is 0. The van der Waals surface area contributed by atoms with E-state index in [1.165, 1.54) is 0 Å². The molecule has 0 spiro atoms. The number of fused-ring (bicyclic) bond motifs is 2. The lowest BCUT2D eigenvalue weighted by Crippen LogP contribution is -2.25. The van der Waals surface area contributed by atoms with Gasteiger partial charge in [-0.05, 0) is 38.1 Å². The SMILES string of the molecule is CC1(C)Cc2cccc(OCC(=O)Nc3cccc4ccc(-n5ccnc5)nc34)c2O1. The predicted octanol–water partition coefficient (Wildman–Crippen LogP) is 4.15. The third-order valence-electron chi connectivity index (χ3n) is 5.16. The van der Waals surface area contributed by atoms with Gasteiger partial charge < -0.3 is 14.8 Å². The fraction of sp³-hybridized carbons (Fsp3) is 0.208. The number of ether oxygens (including phenoxy) is 2. The van der Waals surface area contributed by atoms with Crippen molar-refractivity contribution < 1.29 is 14.3 Å². The highest BCUT2D eigenvalue weighted by Gasteiger charge is 2.32. The molecule has 156 valence electrons. The Balaban J connectivity index is 1.34. The average molecular weight is 414 g/mol. The highest BCUT2D eigenvalue weighted by Crippen LogP contribution is 2.41. The van der Waals surface area contributed by atoms with E-state index in [-0.39, 0.29) is 18.1 Å². The molecule has 7 heteroatoms. The smallest absolute Gasteiger partial charge is 0.262 e. The standard InChI is InChI=1S/C24H22N4O3/c1-24(2)13-17-6-4-8-19(23(17)31-24)30-14-21(29)26-18-7-3-5-16-9-10-20(27-22(16)18)28-12-11-25-15-28/h3-12,15H,13-14H2,1-2H3,(H,26,29). The Morgan fingerprint density at radius 2 is 2.06 bits per heavy atom. The Hall–Kier alpha value is -3.87. The van der Waals surface area contributed by atoms with Crippen molar-refractivity contribution in [2.75, 3.05) is 11.9 Å². The normalized spacial score (nSPS) is 14.1. The van der Waals surface area contributed by atoms with Crippen molar-refractivity contribution in [2.24, 2.45) is 0 Å². The Bertz CT molecular complexity index is 1270. The van der Waals surface area contributed by atoms with Gasteiger partial charge in [-0.3, -0.25) is 9.36 Å². The molecule has 2 aromatic carbocycles. The summed E-state index contributed by atoms with van der Waals surface area (Å²) in [5, 5.41) is 3.85. The maximum atomic E-state index is 12.7. The summed E-state index contributed by atoms with van der Waals surface area (Å²) in [4.78, 5) is 21.4. The van der Waals surface area contributed by atoms with Gasteiger partial charge in [0.05, 0.1) is 11.2 Å². The Morgan fingerprint density at radius 1 is 1.19 bits per heavy atom. The van der Waals surface area contributed by atoms with Gasteiger partial charge in [0.1, 0.15) is 17.7 Å². The number of nitrogens with zero attached hydrogens (tertiary/aromatic N) is 3. The van der Waals surface area contributed by atoms with Crippen molar-refractivity contribution in [3.63, 3.8) is 0 Å². The van der Waals surface area contributed by atoms with Crippen molar-refractivity contribution in [3.8, 4) is 17.3 Å². The van der Waals surface area contributed by atoms with Gasteiger partial charge >= 0.3 is 0 Å². The summed E-state index contributed by atoms with van der Waals surface area (Å²) in [5.74, 6) is 1.76. The van der Waals surface area contributed by atoms with Gasteiger partial charge in [0.15, 0.2) is 18.1 Å². The van der Waals surface area contributed by atoms with Crippen LogP contribution in [0.25, 0.3) is 16.7 Å². The Labute approximate surface area is 179 Å². The summed E-state index contributed by atoms with van der Waals surface area (Å²) in [6.07, 6.45) is 6.02. The molecule has 0 fully saturated rings. The minimum atomic E-state index is -0.272. The van der Waals surface area contributed by atoms with Crippen LogP contribution in [0.3, 0.4) is 0 Å². The van der Waals surface area contributed by atoms with Crippen LogP contribution in [0.1, 0.15) is 19.4 Å². The predicted molar refractivity (Wildman–Crippen MR) is 118 cm³/mol. The number of rotatable bonds is 5. The van der Waals surface area contributed by atoms with Crippen LogP contribution >= 0.6 is 0 Å². The molecular weight excluding hydrogens is 392 g/mol. The molecule has 5 rings (SSSR count). The molecule has 1 aliphatic heterocycles. The zero-order valence-electron chi connectivity index (χ0n) is 17.3. The first-order valence-electron chi connectivity index (χ1n) is 10.1. The van der Waals surface area contributed by atoms with Gasteiger partial charge in [0, 0.05) is 29.8 Å². The van der Waals surface area contributed by atoms with Crippen LogP contribution in [0.15, 0.2) is 67.3 Å². The highest BCUT2D eigenvalue weighted by atomic mass is 16.5. The molecule has 0 aliphatic carbocycles. The lowest BCUT2D eigenvalue weighted by Gasteiger charge is -2.18. The van der Waals surface area contributed by atoms with E-state index in [4.69, 9.17) is 14.5 Å². The number of amides is 1. The van der Waals surface area contributed by atoms with Crippen molar-refractivity contribution in [2.45, 2.75) is 25.9 Å². The first-order valence-corrected chi connectivity index (χ1v) is 10.1. The number of carbonyl (C=O) groups is 1. The van der Waals surface area contributed by atoms with Crippen LogP contribution in [-0.4, -0.2) is 32.7 Å². The minimum absolute atomic E-state index is 0.127. The van der Waals surface area contributed by atoms with Crippen LogP contribution in [0.4, 0.5) is 5.69 Å². The monoisotopic (exact) mass is 414 g/mol. The zero-order valence-corrected chi connectivity index (χ0v) is 17.3. The molecule has 2 aromatic heterocycles. The van der Waals surface area contributed by atoms with Crippen LogP contribution < -0.4 is 14.8 Å². The Kier molecular flexibility index (Phi) is 4.58. The van der Waals surface area contributed by atoms with Gasteiger partial charge in [0.2, 0.25) is 0 Å². The van der Waals surface area contributed by atoms with E-state index in [1.54, 1.807) is 12.5 Å². The number of hydrogen-bond acceptors (Lipinski definition) is 5. The third-order valence-corrected chi connectivity index (χ3v) is 5.16. The minimum Gasteiger partial charge on any atom is -0.483 e. The van der Waals surface area contributed by atoms with Gasteiger partial charge in [-0.15, -0.1) is 0 Å². The van der Waals surface area contributed by atoms with Crippen molar-refractivity contribution in [1.82, 2.24) is 14.5 Å². The lowest BCUT2D eigenvalue weighted by atomic mass is 10.0. The molecule has 0 saturated carbocycles. The molecular formula is C24H22N4O3. The number of hydrogen-bond donors (Lipinski definition) is 1. The largest absolute Gasteiger partial charge is 0.483 e. The molecule has 3 heterocycles. The zero-order chi connectivity index (χ0) is 21.4. The van der Waals surface area contributed by atoms with E-state index < -0.39 is 0 Å². The second-order valence-electron chi connectivity index (χ2n) is 8.14. The maximum absolute atomic E-state index is 12.7. The number of para-hydroxylation sites is 2. The number of benzene rings is 2. The van der Waals surface area contributed by atoms with E-state index in [2.05, 4.69) is 10.3 Å². The fourth-order valence-corrected chi connectivity index (χ4v) is 3.81. The van der Waals surface area contributed by atoms with Gasteiger partial charge in [-0.2, -0.15) is 0 Å². The maximum Gasteiger partial charge on any atom is 0.262 e. The van der Waals surface area contributed by atoms with Crippen LogP contribution in [-0.2, 0) is 11.2 Å². The molecule has 1 aliphatic rings. The molecule has 4 aromatic rings. The number of imidazole rings is 1. The van der Waals surface area contributed by atoms with Gasteiger partial charge in [-0.25, -0.2) is 9.97 Å². The molecule has 0 saturated heterocycles. The summed E-state index contributed by atoms with van der Waals surface area (Å²) in [5.41, 5.74) is 2.15. The fourth-order valence-electron chi connectivity index (χ4n) is 3.81. The number of aromatic nitrogens is 3. The molecule has 1 N–H and O–H groups in total. The summed E-state index contributed by atoms with van der Waals surface area (Å²) in [6, 6.07) is 15.3. The van der Waals surface area contributed by atoms with E-state index in [9.17, 15) is 4.79 Å². The molecule has 0 atom stereocenters. The van der Waals surface area contributed by atoms with E-state index in [0.717, 1.165) is 28.9 Å². The third kappa shape index (κ3) is 3.82. The lowest BCUT2D eigenvalue weighted by molar-refractivity contribution is -0.118. The molecule has 31 heavy (non-hydrogen) atoms. The second kappa shape index (κ2) is 7.43. The van der Waals surface area contributed by atoms with Crippen LogP contribution in [0, 0.1) is 0 Å². The first-order chi connectivity index (χ1) is 15.0. The number of anilines is 1. The molecule has 0 bridgehead atoms. The van der Waals surface area contributed by atoms with Crippen molar-refractivity contribution >= 4 is 22.5 Å². The first kappa shape index (κ1) is 19.1. The summed E-state index contributed by atoms with van der Waals surface area (Å²) in [7, 11) is 0.